The van der Waals surface area contributed by atoms with E-state index in [1.54, 1.807) is 0 Å². The number of carbonyl (C=O) groups is 1. The molecule has 0 aliphatic carbocycles. The summed E-state index contributed by atoms with van der Waals surface area (Å²) in [6, 6.07) is 1.29. The van der Waals surface area contributed by atoms with E-state index < -0.39 is 0 Å². The Hall–Kier alpha value is -0.153. The smallest absolute Gasteiger partial charge is 0.122 e. The second kappa shape index (κ2) is 7.85. The predicted molar refractivity (Wildman–Crippen MR) is 40.9 cm³/mol. The summed E-state index contributed by atoms with van der Waals surface area (Å²) in [5.41, 5.74) is 0. The van der Waals surface area contributed by atoms with E-state index in [2.05, 4.69) is 0 Å². The van der Waals surface area contributed by atoms with Gasteiger partial charge in [-0.3, -0.25) is 0 Å². The van der Waals surface area contributed by atoms with Crippen molar-refractivity contribution in [2.24, 2.45) is 0 Å². The summed E-state index contributed by atoms with van der Waals surface area (Å²) in [7, 11) is 1.26. The lowest BCUT2D eigenvalue weighted by atomic mass is 10.5. The number of hydrogen-bond acceptors (Lipinski definition) is 2. The molecule has 0 rings (SSSR count). The highest BCUT2D eigenvalue weighted by atomic mass is 28.1. The molecular weight excluding hydrogens is 132 g/mol. The van der Waals surface area contributed by atoms with Crippen molar-refractivity contribution in [1.82, 2.24) is 0 Å². The first kappa shape index (κ1) is 8.85. The van der Waals surface area contributed by atoms with E-state index in [1.165, 1.54) is 16.3 Å². The summed E-state index contributed by atoms with van der Waals surface area (Å²) in [6.07, 6.45) is 2.59. The van der Waals surface area contributed by atoms with E-state index in [1.807, 2.05) is 0 Å². The average Bonchev–Trinajstić information content (AvgIpc) is 1.89. The molecule has 9 heavy (non-hydrogen) atoms. The van der Waals surface area contributed by atoms with Crippen LogP contribution in [0.15, 0.2) is 0 Å². The van der Waals surface area contributed by atoms with E-state index in [-0.39, 0.29) is 0 Å². The molecule has 0 aromatic heterocycles. The molecule has 0 saturated heterocycles. The van der Waals surface area contributed by atoms with Gasteiger partial charge in [0.25, 0.3) is 0 Å². The van der Waals surface area contributed by atoms with Gasteiger partial charge >= 0.3 is 0 Å². The molecule has 0 bridgehead atoms. The van der Waals surface area contributed by atoms with Gasteiger partial charge in [0.1, 0.15) is 6.29 Å². The summed E-state index contributed by atoms with van der Waals surface area (Å²) in [4.78, 5) is 9.76. The summed E-state index contributed by atoms with van der Waals surface area (Å²) in [5.74, 6) is 0. The van der Waals surface area contributed by atoms with Gasteiger partial charge in [0.2, 0.25) is 0 Å². The van der Waals surface area contributed by atoms with Crippen LogP contribution in [0.3, 0.4) is 0 Å². The maximum absolute atomic E-state index is 9.76. The van der Waals surface area contributed by atoms with Gasteiger partial charge in [-0.15, -0.1) is 0 Å². The molecule has 0 amide bonds. The van der Waals surface area contributed by atoms with Crippen molar-refractivity contribution in [3.05, 3.63) is 0 Å². The first-order chi connectivity index (χ1) is 4.41. The van der Waals surface area contributed by atoms with Gasteiger partial charge in [-0.1, -0.05) is 6.04 Å². The Morgan fingerprint density at radius 3 is 2.78 bits per heavy atom. The van der Waals surface area contributed by atoms with Gasteiger partial charge in [-0.2, -0.15) is 0 Å². The van der Waals surface area contributed by atoms with Crippen molar-refractivity contribution in [1.29, 1.82) is 0 Å². The molecule has 0 aliphatic heterocycles. The van der Waals surface area contributed by atoms with Gasteiger partial charge in [0.15, 0.2) is 0 Å². The number of ether oxygens (including phenoxy) is 1. The van der Waals surface area contributed by atoms with Crippen LogP contribution in [-0.4, -0.2) is 29.7 Å². The third-order valence-electron chi connectivity index (χ3n) is 1.02. The zero-order valence-electron chi connectivity index (χ0n) is 5.93. The molecule has 0 saturated carbocycles. The fraction of sp³-hybridized carbons (Fsp3) is 0.833. The van der Waals surface area contributed by atoms with Gasteiger partial charge in [-0.05, 0) is 6.42 Å². The molecule has 0 radical (unpaired) electrons. The fourth-order valence-electron chi connectivity index (χ4n) is 0.480. The van der Waals surface area contributed by atoms with E-state index in [0.29, 0.717) is 13.0 Å². The topological polar surface area (TPSA) is 26.3 Å². The number of rotatable bonds is 6. The van der Waals surface area contributed by atoms with Crippen LogP contribution < -0.4 is 0 Å². The first-order valence-corrected chi connectivity index (χ1v) is 4.84. The minimum Gasteiger partial charge on any atom is -0.381 e. The summed E-state index contributed by atoms with van der Waals surface area (Å²) >= 11 is 0. The molecule has 0 fully saturated rings. The fourth-order valence-corrected chi connectivity index (χ4v) is 0.769. The van der Waals surface area contributed by atoms with E-state index >= 15 is 0 Å². The molecular formula is C6H14O2Si. The third-order valence-corrected chi connectivity index (χ3v) is 1.73. The molecule has 0 unspecified atom stereocenters. The molecule has 54 valence electrons. The van der Waals surface area contributed by atoms with Crippen LogP contribution in [-0.2, 0) is 9.53 Å². The lowest BCUT2D eigenvalue weighted by Gasteiger charge is -1.97. The quantitative estimate of drug-likeness (QED) is 0.294. The van der Waals surface area contributed by atoms with E-state index in [0.717, 1.165) is 19.3 Å². The molecule has 3 heteroatoms. The highest BCUT2D eigenvalue weighted by Gasteiger charge is 1.84. The maximum Gasteiger partial charge on any atom is 0.122 e. The summed E-state index contributed by atoms with van der Waals surface area (Å²) < 4.78 is 5.11. The van der Waals surface area contributed by atoms with Crippen LogP contribution in [0.5, 0.6) is 0 Å². The zero-order valence-corrected chi connectivity index (χ0v) is 7.93. The molecule has 0 aliphatic rings. The Balaban J connectivity index is 2.66. The number of hydrogen-bond donors (Lipinski definition) is 0. The second-order valence-corrected chi connectivity index (χ2v) is 2.92. The molecule has 0 atom stereocenters. The van der Waals surface area contributed by atoms with Crippen LogP contribution in [0.25, 0.3) is 0 Å². The minimum absolute atomic E-state index is 0.543. The van der Waals surface area contributed by atoms with Crippen molar-refractivity contribution in [2.45, 2.75) is 18.9 Å². The minimum atomic E-state index is 0.543. The predicted octanol–water partition coefficient (Wildman–Crippen LogP) is -0.234. The van der Waals surface area contributed by atoms with Crippen LogP contribution in [0.1, 0.15) is 12.8 Å². The molecule has 0 aromatic carbocycles. The third kappa shape index (κ3) is 7.85. The Kier molecular flexibility index (Phi) is 7.71. The SMILES string of the molecule is O=CCCOCCC[SiH3]. The van der Waals surface area contributed by atoms with Gasteiger partial charge in [0.05, 0.1) is 6.61 Å². The van der Waals surface area contributed by atoms with Crippen LogP contribution in [0.4, 0.5) is 0 Å². The second-order valence-electron chi connectivity index (χ2n) is 1.92. The van der Waals surface area contributed by atoms with Crippen molar-refractivity contribution in [3.63, 3.8) is 0 Å². The van der Waals surface area contributed by atoms with Gasteiger partial charge in [-0.25, -0.2) is 0 Å². The van der Waals surface area contributed by atoms with Gasteiger partial charge < -0.3 is 9.53 Å². The Morgan fingerprint density at radius 2 is 2.22 bits per heavy atom. The monoisotopic (exact) mass is 146 g/mol. The first-order valence-electron chi connectivity index (χ1n) is 3.43. The average molecular weight is 146 g/mol. The maximum atomic E-state index is 9.76. The summed E-state index contributed by atoms with van der Waals surface area (Å²) in [5, 5.41) is 0. The molecule has 0 spiro atoms. The molecule has 0 aromatic rings. The Morgan fingerprint density at radius 1 is 1.44 bits per heavy atom. The lowest BCUT2D eigenvalue weighted by Crippen LogP contribution is -1.96. The van der Waals surface area contributed by atoms with Crippen molar-refractivity contribution in [2.75, 3.05) is 13.2 Å². The molecule has 0 heterocycles. The van der Waals surface area contributed by atoms with Crippen molar-refractivity contribution >= 4 is 16.5 Å². The largest absolute Gasteiger partial charge is 0.381 e. The summed E-state index contributed by atoms with van der Waals surface area (Å²) in [6.45, 7) is 1.43. The Bertz CT molecular complexity index is 66.1. The van der Waals surface area contributed by atoms with Crippen LogP contribution in [0.2, 0.25) is 6.04 Å². The normalized spacial score (nSPS) is 9.78. The van der Waals surface area contributed by atoms with Crippen molar-refractivity contribution < 1.29 is 9.53 Å². The van der Waals surface area contributed by atoms with E-state index in [9.17, 15) is 4.79 Å². The van der Waals surface area contributed by atoms with Crippen molar-refractivity contribution in [3.8, 4) is 0 Å². The Labute approximate surface area is 59.0 Å². The standard InChI is InChI=1S/C6H14O2Si/c7-3-1-4-8-5-2-6-9/h3H,1-2,4-6H2,9H3. The van der Waals surface area contributed by atoms with Crippen LogP contribution >= 0.6 is 0 Å². The lowest BCUT2D eigenvalue weighted by molar-refractivity contribution is -0.108. The highest BCUT2D eigenvalue weighted by molar-refractivity contribution is 6.08. The number of aldehydes is 1. The highest BCUT2D eigenvalue weighted by Crippen LogP contribution is 1.86. The van der Waals surface area contributed by atoms with E-state index in [4.69, 9.17) is 4.74 Å². The van der Waals surface area contributed by atoms with Crippen LogP contribution in [0, 0.1) is 0 Å². The zero-order chi connectivity index (χ0) is 6.95. The molecule has 2 nitrogen and oxygen atoms in total. The molecule has 0 N–H and O–H groups in total. The van der Waals surface area contributed by atoms with Gasteiger partial charge in [0, 0.05) is 23.3 Å². The number of carbonyl (C=O) groups excluding carboxylic acids is 1.